The normalized spacial score (nSPS) is 10.9. The molecule has 0 spiro atoms. The van der Waals surface area contributed by atoms with E-state index in [1.807, 2.05) is 13.1 Å². The summed E-state index contributed by atoms with van der Waals surface area (Å²) in [6.07, 6.45) is 1.84. The van der Waals surface area contributed by atoms with E-state index in [4.69, 9.17) is 0 Å². The molecule has 1 aromatic carbocycles. The molecule has 0 unspecified atom stereocenters. The molecule has 0 saturated heterocycles. The van der Waals surface area contributed by atoms with Crippen LogP contribution in [0.1, 0.15) is 11.1 Å². The molecule has 0 aliphatic carbocycles. The molecule has 0 bridgehead atoms. The summed E-state index contributed by atoms with van der Waals surface area (Å²) in [5, 5.41) is 0. The lowest BCUT2D eigenvalue weighted by Gasteiger charge is -1.96. The van der Waals surface area contributed by atoms with Crippen molar-refractivity contribution in [1.29, 1.82) is 0 Å². The molecule has 1 N–H and O–H groups in total. The highest BCUT2D eigenvalue weighted by Gasteiger charge is 2.05. The number of aryl methyl sites for hydroxylation is 2. The summed E-state index contributed by atoms with van der Waals surface area (Å²) in [6.45, 7) is 4.10. The van der Waals surface area contributed by atoms with Gasteiger partial charge in [0.05, 0.1) is 5.52 Å². The summed E-state index contributed by atoms with van der Waals surface area (Å²) in [4.78, 5) is 12.1. The van der Waals surface area contributed by atoms with Crippen LogP contribution < -0.4 is 0 Å². The highest BCUT2D eigenvalue weighted by Crippen LogP contribution is 2.20. The van der Waals surface area contributed by atoms with Gasteiger partial charge in [0.25, 0.3) is 0 Å². The number of hydrogen-bond donors (Lipinski definition) is 1. The number of H-pyrrole nitrogens is 1. The first-order valence-corrected chi connectivity index (χ1v) is 5.62. The van der Waals surface area contributed by atoms with Gasteiger partial charge < -0.3 is 4.98 Å². The first-order chi connectivity index (χ1) is 8.22. The molecule has 0 saturated carbocycles. The highest BCUT2D eigenvalue weighted by molar-refractivity contribution is 5.76. The molecule has 2 aromatic heterocycles. The van der Waals surface area contributed by atoms with Gasteiger partial charge in [-0.15, -0.1) is 0 Å². The fourth-order valence-corrected chi connectivity index (χ4v) is 1.85. The number of pyridine rings is 1. The van der Waals surface area contributed by atoms with Crippen molar-refractivity contribution in [3.8, 4) is 11.4 Å². The lowest BCUT2D eigenvalue weighted by molar-refractivity contribution is 1.28. The third-order valence-electron chi connectivity index (χ3n) is 2.80. The molecule has 3 rings (SSSR count). The Hall–Kier alpha value is -2.16. The Bertz CT molecular complexity index is 666. The zero-order valence-electron chi connectivity index (χ0n) is 9.86. The maximum absolute atomic E-state index is 4.49. The first-order valence-electron chi connectivity index (χ1n) is 5.62. The van der Waals surface area contributed by atoms with Gasteiger partial charge in [0.2, 0.25) is 0 Å². The van der Waals surface area contributed by atoms with Crippen LogP contribution in [0, 0.1) is 13.8 Å². The molecule has 0 radical (unpaired) electrons. The van der Waals surface area contributed by atoms with Crippen LogP contribution in [0.4, 0.5) is 0 Å². The van der Waals surface area contributed by atoms with Crippen LogP contribution in [0.3, 0.4) is 0 Å². The van der Waals surface area contributed by atoms with Crippen LogP contribution >= 0.6 is 0 Å². The number of hydrogen-bond acceptors (Lipinski definition) is 2. The zero-order valence-corrected chi connectivity index (χ0v) is 9.86. The summed E-state index contributed by atoms with van der Waals surface area (Å²) < 4.78 is 0. The fourth-order valence-electron chi connectivity index (χ4n) is 1.85. The third-order valence-corrected chi connectivity index (χ3v) is 2.80. The Morgan fingerprint density at radius 1 is 1.00 bits per heavy atom. The van der Waals surface area contributed by atoms with E-state index in [1.165, 1.54) is 5.56 Å². The molecule has 84 valence electrons. The maximum atomic E-state index is 4.49. The summed E-state index contributed by atoms with van der Waals surface area (Å²) in [5.74, 6) is 0.873. The molecule has 3 nitrogen and oxygen atoms in total. The van der Waals surface area contributed by atoms with Gasteiger partial charge in [0.15, 0.2) is 5.65 Å². The Labute approximate surface area is 99.5 Å². The minimum absolute atomic E-state index is 0.770. The van der Waals surface area contributed by atoms with Crippen molar-refractivity contribution in [2.24, 2.45) is 0 Å². The van der Waals surface area contributed by atoms with Gasteiger partial charge >= 0.3 is 0 Å². The molecule has 0 atom stereocenters. The smallest absolute Gasteiger partial charge is 0.178 e. The van der Waals surface area contributed by atoms with Crippen molar-refractivity contribution in [2.45, 2.75) is 13.8 Å². The number of imidazole rings is 1. The largest absolute Gasteiger partial charge is 0.337 e. The predicted octanol–water partition coefficient (Wildman–Crippen LogP) is 3.24. The van der Waals surface area contributed by atoms with Gasteiger partial charge in [-0.2, -0.15) is 0 Å². The van der Waals surface area contributed by atoms with Crippen molar-refractivity contribution in [1.82, 2.24) is 15.0 Å². The first kappa shape index (κ1) is 10.0. The summed E-state index contributed by atoms with van der Waals surface area (Å²) in [6, 6.07) is 10.4. The third kappa shape index (κ3) is 1.80. The van der Waals surface area contributed by atoms with Crippen LogP contribution in [0.25, 0.3) is 22.6 Å². The topological polar surface area (TPSA) is 41.6 Å². The monoisotopic (exact) mass is 223 g/mol. The molecule has 2 heterocycles. The molecule has 0 aliphatic rings. The van der Waals surface area contributed by atoms with Gasteiger partial charge in [-0.1, -0.05) is 29.8 Å². The molecular weight excluding hydrogens is 210 g/mol. The molecule has 3 heteroatoms. The van der Waals surface area contributed by atoms with Crippen molar-refractivity contribution in [3.05, 3.63) is 47.7 Å². The quantitative estimate of drug-likeness (QED) is 0.688. The second kappa shape index (κ2) is 3.70. The number of benzene rings is 1. The van der Waals surface area contributed by atoms with Gasteiger partial charge in [0.1, 0.15) is 5.82 Å². The number of aromatic amines is 1. The van der Waals surface area contributed by atoms with E-state index in [-0.39, 0.29) is 0 Å². The number of rotatable bonds is 1. The molecule has 0 amide bonds. The second-order valence-electron chi connectivity index (χ2n) is 4.34. The Morgan fingerprint density at radius 3 is 2.53 bits per heavy atom. The van der Waals surface area contributed by atoms with Crippen LogP contribution in [0.5, 0.6) is 0 Å². The molecule has 3 aromatic rings. The number of aromatic nitrogens is 3. The average molecular weight is 223 g/mol. The second-order valence-corrected chi connectivity index (χ2v) is 4.34. The van der Waals surface area contributed by atoms with Crippen molar-refractivity contribution in [3.63, 3.8) is 0 Å². The van der Waals surface area contributed by atoms with Crippen molar-refractivity contribution >= 4 is 11.2 Å². The summed E-state index contributed by atoms with van der Waals surface area (Å²) in [7, 11) is 0. The Morgan fingerprint density at radius 2 is 1.76 bits per heavy atom. The van der Waals surface area contributed by atoms with E-state index in [1.54, 1.807) is 0 Å². The lowest BCUT2D eigenvalue weighted by Crippen LogP contribution is -1.80. The van der Waals surface area contributed by atoms with Gasteiger partial charge in [-0.3, -0.25) is 0 Å². The Kier molecular flexibility index (Phi) is 2.18. The minimum Gasteiger partial charge on any atom is -0.337 e. The minimum atomic E-state index is 0.770. The van der Waals surface area contributed by atoms with E-state index < -0.39 is 0 Å². The maximum Gasteiger partial charge on any atom is 0.178 e. The Balaban J connectivity index is 2.14. The standard InChI is InChI=1S/C14H13N3/c1-9-3-5-11(6-4-9)13-16-12-7-10(2)8-15-14(12)17-13/h3-8H,1-2H3,(H,15,16,17). The molecule has 17 heavy (non-hydrogen) atoms. The average Bonchev–Trinajstić information content (AvgIpc) is 2.72. The van der Waals surface area contributed by atoms with Crippen molar-refractivity contribution < 1.29 is 0 Å². The van der Waals surface area contributed by atoms with E-state index in [9.17, 15) is 0 Å². The number of nitrogens with zero attached hydrogens (tertiary/aromatic N) is 2. The zero-order chi connectivity index (χ0) is 11.8. The van der Waals surface area contributed by atoms with E-state index in [0.29, 0.717) is 0 Å². The molecule has 0 fully saturated rings. The van der Waals surface area contributed by atoms with Crippen LogP contribution in [0.2, 0.25) is 0 Å². The van der Waals surface area contributed by atoms with Crippen LogP contribution in [-0.2, 0) is 0 Å². The van der Waals surface area contributed by atoms with E-state index in [2.05, 4.69) is 52.2 Å². The highest BCUT2D eigenvalue weighted by atomic mass is 15.0. The molecular formula is C14H13N3. The van der Waals surface area contributed by atoms with Gasteiger partial charge in [-0.05, 0) is 25.5 Å². The van der Waals surface area contributed by atoms with Crippen LogP contribution in [0.15, 0.2) is 36.5 Å². The fraction of sp³-hybridized carbons (Fsp3) is 0.143. The van der Waals surface area contributed by atoms with E-state index >= 15 is 0 Å². The summed E-state index contributed by atoms with van der Waals surface area (Å²) >= 11 is 0. The summed E-state index contributed by atoms with van der Waals surface area (Å²) in [5.41, 5.74) is 5.23. The lowest BCUT2D eigenvalue weighted by atomic mass is 10.1. The number of fused-ring (bicyclic) bond motifs is 1. The molecule has 0 aliphatic heterocycles. The van der Waals surface area contributed by atoms with Crippen molar-refractivity contribution in [2.75, 3.05) is 0 Å². The van der Waals surface area contributed by atoms with E-state index in [0.717, 1.165) is 28.1 Å². The SMILES string of the molecule is Cc1ccc(-c2nc3ncc(C)cc3[nH]2)cc1. The predicted molar refractivity (Wildman–Crippen MR) is 68.8 cm³/mol. The van der Waals surface area contributed by atoms with Crippen LogP contribution in [-0.4, -0.2) is 15.0 Å². The van der Waals surface area contributed by atoms with Gasteiger partial charge in [0, 0.05) is 11.8 Å². The van der Waals surface area contributed by atoms with Gasteiger partial charge in [-0.25, -0.2) is 9.97 Å². The number of nitrogens with one attached hydrogen (secondary N) is 1.